The van der Waals surface area contributed by atoms with Crippen LogP contribution in [0.4, 0.5) is 4.39 Å². The summed E-state index contributed by atoms with van der Waals surface area (Å²) in [5, 5.41) is 1.74. The van der Waals surface area contributed by atoms with E-state index in [1.54, 1.807) is 13.2 Å². The van der Waals surface area contributed by atoms with Crippen molar-refractivity contribution in [1.29, 1.82) is 0 Å². The Morgan fingerprint density at radius 1 is 1.00 bits per heavy atom. The average molecular weight is 435 g/mol. The van der Waals surface area contributed by atoms with Crippen molar-refractivity contribution < 1.29 is 9.13 Å². The summed E-state index contributed by atoms with van der Waals surface area (Å²) in [6.45, 7) is 13.6. The second kappa shape index (κ2) is 8.15. The minimum atomic E-state index is -1.92. The van der Waals surface area contributed by atoms with Crippen molar-refractivity contribution in [1.82, 2.24) is 0 Å². The first kappa shape index (κ1) is 21.0. The fourth-order valence-electron chi connectivity index (χ4n) is 4.21. The van der Waals surface area contributed by atoms with Gasteiger partial charge in [0.25, 0.3) is 0 Å². The van der Waals surface area contributed by atoms with E-state index in [-0.39, 0.29) is 5.82 Å². The monoisotopic (exact) mass is 434 g/mol. The molecule has 140 valence electrons. The molecule has 0 heterocycles. The van der Waals surface area contributed by atoms with E-state index < -0.39 is 8.07 Å². The van der Waals surface area contributed by atoms with Crippen LogP contribution in [0.15, 0.2) is 28.7 Å². The Balaban J connectivity index is 2.76. The Bertz CT molecular complexity index is 840. The largest absolute Gasteiger partial charge is 0.497 e. The van der Waals surface area contributed by atoms with Crippen LogP contribution >= 0.6 is 15.9 Å². The quantitative estimate of drug-likeness (QED) is 0.361. The van der Waals surface area contributed by atoms with Gasteiger partial charge in [-0.1, -0.05) is 53.5 Å². The highest BCUT2D eigenvalue weighted by molar-refractivity contribution is 9.10. The summed E-state index contributed by atoms with van der Waals surface area (Å²) in [7, 11) is -0.293. The molecule has 0 saturated carbocycles. The lowest BCUT2D eigenvalue weighted by Gasteiger charge is -2.38. The van der Waals surface area contributed by atoms with E-state index in [4.69, 9.17) is 4.74 Å². The van der Waals surface area contributed by atoms with Crippen LogP contribution < -0.4 is 4.74 Å². The fourth-order valence-corrected chi connectivity index (χ4v) is 10.1. The van der Waals surface area contributed by atoms with E-state index in [9.17, 15) is 4.39 Å². The van der Waals surface area contributed by atoms with Crippen LogP contribution in [0.25, 0.3) is 10.8 Å². The predicted octanol–water partition coefficient (Wildman–Crippen LogP) is 7.32. The summed E-state index contributed by atoms with van der Waals surface area (Å²) >= 11 is 3.58. The second-order valence-electron chi connectivity index (χ2n) is 7.78. The van der Waals surface area contributed by atoms with Gasteiger partial charge < -0.3 is 4.74 Å². The molecule has 0 aliphatic carbocycles. The maximum Gasteiger partial charge on any atom is 0.146 e. The number of hydrogen-bond donors (Lipinski definition) is 0. The molecule has 1 nitrogen and oxygen atoms in total. The number of benzene rings is 2. The molecule has 2 rings (SSSR count). The van der Waals surface area contributed by atoms with Crippen LogP contribution in [0.3, 0.4) is 0 Å². The number of methoxy groups -OCH3 is 1. The highest BCUT2D eigenvalue weighted by Gasteiger charge is 2.41. The minimum absolute atomic E-state index is 0.268. The van der Waals surface area contributed by atoms with Crippen LogP contribution in [-0.4, -0.2) is 15.2 Å². The highest BCUT2D eigenvalue weighted by Crippen LogP contribution is 2.41. The van der Waals surface area contributed by atoms with Crippen LogP contribution in [-0.2, 0) is 0 Å². The molecule has 0 saturated heterocycles. The van der Waals surface area contributed by atoms with Crippen molar-refractivity contribution >= 4 is 34.8 Å². The fraction of sp³-hybridized carbons (Fsp3) is 0.455. The first-order chi connectivity index (χ1) is 12.1. The lowest BCUT2D eigenvalue weighted by atomic mass is 10.0. The van der Waals surface area contributed by atoms with Gasteiger partial charge in [-0.25, -0.2) is 4.39 Å². The Kier molecular flexibility index (Phi) is 6.58. The average Bonchev–Trinajstić information content (AvgIpc) is 2.55. The molecule has 2 aromatic rings. The number of rotatable bonds is 4. The van der Waals surface area contributed by atoms with Gasteiger partial charge in [-0.3, -0.25) is 0 Å². The maximum absolute atomic E-state index is 14.7. The molecule has 0 fully saturated rings. The zero-order valence-electron chi connectivity index (χ0n) is 16.7. The van der Waals surface area contributed by atoms with Gasteiger partial charge in [0, 0.05) is 9.86 Å². The van der Waals surface area contributed by atoms with Gasteiger partial charge in [-0.05, 0) is 56.1 Å². The zero-order valence-corrected chi connectivity index (χ0v) is 19.3. The molecule has 0 aliphatic heterocycles. The highest BCUT2D eigenvalue weighted by atomic mass is 79.9. The molecule has 0 spiro atoms. The van der Waals surface area contributed by atoms with E-state index in [0.29, 0.717) is 22.2 Å². The van der Waals surface area contributed by atoms with Crippen LogP contribution in [0.5, 0.6) is 5.75 Å². The summed E-state index contributed by atoms with van der Waals surface area (Å²) < 4.78 is 20.9. The lowest BCUT2D eigenvalue weighted by Crippen LogP contribution is -2.43. The summed E-state index contributed by atoms with van der Waals surface area (Å²) in [6.07, 6.45) is 0. The van der Waals surface area contributed by atoms with Crippen molar-refractivity contribution in [3.8, 4) is 17.2 Å². The van der Waals surface area contributed by atoms with Gasteiger partial charge in [-0.15, -0.1) is 5.54 Å². The van der Waals surface area contributed by atoms with Crippen LogP contribution in [0.2, 0.25) is 16.6 Å². The Morgan fingerprint density at radius 3 is 2.08 bits per heavy atom. The third-order valence-corrected chi connectivity index (χ3v) is 12.4. The third kappa shape index (κ3) is 3.70. The van der Waals surface area contributed by atoms with Gasteiger partial charge in [0.2, 0.25) is 0 Å². The molecule has 26 heavy (non-hydrogen) atoms. The normalized spacial score (nSPS) is 12.0. The smallest absolute Gasteiger partial charge is 0.146 e. The van der Waals surface area contributed by atoms with E-state index in [2.05, 4.69) is 68.9 Å². The number of hydrogen-bond acceptors (Lipinski definition) is 1. The van der Waals surface area contributed by atoms with Crippen molar-refractivity contribution in [2.75, 3.05) is 7.11 Å². The van der Waals surface area contributed by atoms with Crippen molar-refractivity contribution in [2.24, 2.45) is 0 Å². The molecule has 0 unspecified atom stereocenters. The zero-order chi connectivity index (χ0) is 19.6. The van der Waals surface area contributed by atoms with Crippen molar-refractivity contribution in [3.63, 3.8) is 0 Å². The molecule has 0 N–H and O–H groups in total. The molecule has 2 aromatic carbocycles. The molecule has 0 atom stereocenters. The van der Waals surface area contributed by atoms with Crippen LogP contribution in [0, 0.1) is 17.3 Å². The number of halogens is 2. The molecule has 0 aliphatic rings. The Morgan fingerprint density at radius 2 is 1.58 bits per heavy atom. The number of ether oxygens (including phenoxy) is 1. The SMILES string of the molecule is COc1cc(Br)c2c(C#C[Si](C(C)C)(C(C)C)C(C)C)c(F)ccc2c1. The summed E-state index contributed by atoms with van der Waals surface area (Å²) in [5.74, 6) is 3.76. The van der Waals surface area contributed by atoms with E-state index in [0.717, 1.165) is 21.0 Å². The van der Waals surface area contributed by atoms with Crippen molar-refractivity contribution in [3.05, 3.63) is 40.1 Å². The molecular formula is C22H28BrFOSi. The molecule has 0 bridgehead atoms. The Labute approximate surface area is 166 Å². The van der Waals surface area contributed by atoms with Gasteiger partial charge in [-0.2, -0.15) is 0 Å². The van der Waals surface area contributed by atoms with Gasteiger partial charge in [0.05, 0.1) is 12.7 Å². The topological polar surface area (TPSA) is 9.23 Å². The van der Waals surface area contributed by atoms with Crippen LogP contribution in [0.1, 0.15) is 47.1 Å². The van der Waals surface area contributed by atoms with Gasteiger partial charge >= 0.3 is 0 Å². The Hall–Kier alpha value is -1.31. The maximum atomic E-state index is 14.7. The standard InChI is InChI=1S/C22H28BrFOSi/c1-14(2)26(15(3)4,16(5)6)11-10-19-21(24)9-8-17-12-18(25-7)13-20(23)22(17)19/h8-9,12-16H,1-7H3. The first-order valence-electron chi connectivity index (χ1n) is 9.14. The van der Waals surface area contributed by atoms with Gasteiger partial charge in [0.1, 0.15) is 19.6 Å². The van der Waals surface area contributed by atoms with E-state index in [1.165, 1.54) is 6.07 Å². The van der Waals surface area contributed by atoms with E-state index >= 15 is 0 Å². The second-order valence-corrected chi connectivity index (χ2v) is 14.2. The predicted molar refractivity (Wildman–Crippen MR) is 116 cm³/mol. The molecule has 4 heteroatoms. The minimum Gasteiger partial charge on any atom is -0.497 e. The third-order valence-electron chi connectivity index (χ3n) is 5.50. The molecular weight excluding hydrogens is 407 g/mol. The summed E-state index contributed by atoms with van der Waals surface area (Å²) in [5.41, 5.74) is 5.65. The summed E-state index contributed by atoms with van der Waals surface area (Å²) in [4.78, 5) is 0. The first-order valence-corrected chi connectivity index (χ1v) is 12.2. The van der Waals surface area contributed by atoms with E-state index in [1.807, 2.05) is 12.1 Å². The lowest BCUT2D eigenvalue weighted by molar-refractivity contribution is 0.415. The molecule has 0 aromatic heterocycles. The summed E-state index contributed by atoms with van der Waals surface area (Å²) in [6, 6.07) is 7.07. The van der Waals surface area contributed by atoms with Gasteiger partial charge in [0.15, 0.2) is 0 Å². The van der Waals surface area contributed by atoms with Crippen molar-refractivity contribution in [2.45, 2.75) is 58.2 Å². The molecule has 0 radical (unpaired) electrons. The molecule has 0 amide bonds. The number of fused-ring (bicyclic) bond motifs is 1.